The number of nitrogens with zero attached hydrogens (tertiary/aromatic N) is 1. The van der Waals surface area contributed by atoms with E-state index in [1.165, 1.54) is 18.2 Å². The smallest absolute Gasteiger partial charge is 0.326 e. The first-order chi connectivity index (χ1) is 19.4. The number of benzene rings is 3. The lowest BCUT2D eigenvalue weighted by atomic mass is 9.95. The van der Waals surface area contributed by atoms with Gasteiger partial charge < -0.3 is 19.9 Å². The molecule has 2 heterocycles. The summed E-state index contributed by atoms with van der Waals surface area (Å²) >= 11 is 13.2. The average molecular weight is 618 g/mol. The van der Waals surface area contributed by atoms with Gasteiger partial charge in [0.2, 0.25) is 0 Å². The highest BCUT2D eigenvalue weighted by atomic mass is 35.5. The Hall–Kier alpha value is -3.41. The Morgan fingerprint density at radius 3 is 2.63 bits per heavy atom. The molecule has 2 atom stereocenters. The number of fused-ring (bicyclic) bond motifs is 2. The number of rotatable bonds is 8. The van der Waals surface area contributed by atoms with Crippen LogP contribution >= 0.6 is 23.2 Å². The second-order valence-electron chi connectivity index (χ2n) is 9.99. The molecule has 12 heteroatoms. The average Bonchev–Trinajstić information content (AvgIpc) is 3.39. The van der Waals surface area contributed by atoms with E-state index < -0.39 is 34.0 Å². The molecule has 3 N–H and O–H groups in total. The van der Waals surface area contributed by atoms with Gasteiger partial charge in [0, 0.05) is 31.2 Å². The molecule has 214 valence electrons. The number of hydrogen-bond donors (Lipinski definition) is 3. The van der Waals surface area contributed by atoms with Crippen LogP contribution in [0, 0.1) is 0 Å². The minimum atomic E-state index is -3.49. The van der Waals surface area contributed by atoms with E-state index in [4.69, 9.17) is 27.6 Å². The minimum absolute atomic E-state index is 0.0412. The third kappa shape index (κ3) is 6.12. The van der Waals surface area contributed by atoms with Crippen molar-refractivity contribution in [2.24, 2.45) is 0 Å². The van der Waals surface area contributed by atoms with Crippen LogP contribution in [0.15, 0.2) is 70.2 Å². The lowest BCUT2D eigenvalue weighted by Crippen LogP contribution is -2.42. The Balaban J connectivity index is 1.34. The van der Waals surface area contributed by atoms with Gasteiger partial charge in [0.1, 0.15) is 17.9 Å². The summed E-state index contributed by atoms with van der Waals surface area (Å²) in [7, 11) is -3.49. The number of aliphatic hydroxyl groups is 1. The topological polar surface area (TPSA) is 137 Å². The lowest BCUT2D eigenvalue weighted by molar-refractivity contribution is -0.139. The number of carboxylic acid groups (broad SMARTS) is 1. The highest BCUT2D eigenvalue weighted by molar-refractivity contribution is 7.90. The number of aliphatic carboxylic acids is 1. The van der Waals surface area contributed by atoms with Crippen molar-refractivity contribution in [2.45, 2.75) is 36.6 Å². The van der Waals surface area contributed by atoms with Gasteiger partial charge in [0.15, 0.2) is 9.84 Å². The van der Waals surface area contributed by atoms with Gasteiger partial charge in [-0.25, -0.2) is 13.2 Å². The number of nitrogens with one attached hydrogen (secondary N) is 1. The van der Waals surface area contributed by atoms with Gasteiger partial charge in [-0.05, 0) is 59.0 Å². The molecule has 1 amide bonds. The van der Waals surface area contributed by atoms with Crippen LogP contribution in [0.5, 0.6) is 0 Å². The SMILES string of the molecule is CS(=O)(=O)c1cccc(C[C@H](NC(=O)c2c(Cl)cc3c(c2Cl)CCN(C(O)c2ccc4ccoc4c2)C3)C(=O)O)c1. The van der Waals surface area contributed by atoms with Crippen LogP contribution in [0.3, 0.4) is 0 Å². The maximum atomic E-state index is 13.2. The number of carbonyl (C=O) groups is 2. The number of carboxylic acids is 1. The summed E-state index contributed by atoms with van der Waals surface area (Å²) in [5.41, 5.74) is 3.16. The van der Waals surface area contributed by atoms with Gasteiger partial charge in [-0.2, -0.15) is 0 Å². The van der Waals surface area contributed by atoms with Crippen LogP contribution in [0.25, 0.3) is 11.0 Å². The number of hydrogen-bond acceptors (Lipinski definition) is 7. The van der Waals surface area contributed by atoms with Crippen molar-refractivity contribution < 1.29 is 32.6 Å². The number of halogens is 2. The quantitative estimate of drug-likeness (QED) is 0.261. The monoisotopic (exact) mass is 616 g/mol. The summed E-state index contributed by atoms with van der Waals surface area (Å²) in [5.74, 6) is -2.06. The van der Waals surface area contributed by atoms with Crippen molar-refractivity contribution in [1.29, 1.82) is 0 Å². The van der Waals surface area contributed by atoms with Crippen molar-refractivity contribution in [3.8, 4) is 0 Å². The van der Waals surface area contributed by atoms with Crippen molar-refractivity contribution in [2.75, 3.05) is 12.8 Å². The van der Waals surface area contributed by atoms with Gasteiger partial charge >= 0.3 is 5.97 Å². The third-order valence-electron chi connectivity index (χ3n) is 7.16. The largest absolute Gasteiger partial charge is 0.480 e. The van der Waals surface area contributed by atoms with Gasteiger partial charge in [0.25, 0.3) is 5.91 Å². The molecule has 0 fully saturated rings. The fourth-order valence-electron chi connectivity index (χ4n) is 5.00. The number of furan rings is 1. The normalized spacial score (nSPS) is 15.3. The summed E-state index contributed by atoms with van der Waals surface area (Å²) in [4.78, 5) is 27.1. The highest BCUT2D eigenvalue weighted by Gasteiger charge is 2.30. The first-order valence-corrected chi connectivity index (χ1v) is 15.3. The van der Waals surface area contributed by atoms with Gasteiger partial charge in [-0.1, -0.05) is 47.5 Å². The molecule has 1 aromatic heterocycles. The molecule has 0 radical (unpaired) electrons. The fraction of sp³-hybridized carbons (Fsp3) is 0.241. The van der Waals surface area contributed by atoms with Crippen molar-refractivity contribution >= 4 is 55.9 Å². The molecule has 0 saturated carbocycles. The van der Waals surface area contributed by atoms with Crippen LogP contribution in [-0.2, 0) is 34.0 Å². The van der Waals surface area contributed by atoms with E-state index in [-0.39, 0.29) is 26.9 Å². The molecular weight excluding hydrogens is 591 g/mol. The molecule has 1 aliphatic rings. The highest BCUT2D eigenvalue weighted by Crippen LogP contribution is 2.36. The predicted molar refractivity (Wildman–Crippen MR) is 154 cm³/mol. The summed E-state index contributed by atoms with van der Waals surface area (Å²) in [5, 5.41) is 24.4. The Morgan fingerprint density at radius 2 is 1.90 bits per heavy atom. The van der Waals surface area contributed by atoms with Gasteiger partial charge in [-0.15, -0.1) is 0 Å². The van der Waals surface area contributed by atoms with Crippen LogP contribution in [0.2, 0.25) is 10.0 Å². The number of amides is 1. The zero-order valence-electron chi connectivity index (χ0n) is 21.8. The van der Waals surface area contributed by atoms with E-state index in [1.54, 1.807) is 24.5 Å². The molecule has 1 unspecified atom stereocenters. The van der Waals surface area contributed by atoms with Gasteiger partial charge in [0.05, 0.1) is 26.8 Å². The summed E-state index contributed by atoms with van der Waals surface area (Å²) in [6.07, 6.45) is 2.01. The van der Waals surface area contributed by atoms with E-state index in [1.807, 2.05) is 23.1 Å². The standard InChI is InChI=1S/C29H26Cl2N2O7S/c1-41(38,39)20-4-2-3-16(11-20)12-23(29(36)37)32-27(34)25-22(30)13-19-15-33(9-7-21(19)26(25)31)28(35)18-6-5-17-8-10-40-24(17)14-18/h2-6,8,10-11,13-14,23,28,35H,7,9,12,15H2,1H3,(H,32,34)(H,36,37)/t23-,28?/m0/s1. The Labute approximate surface area is 246 Å². The van der Waals surface area contributed by atoms with E-state index >= 15 is 0 Å². The van der Waals surface area contributed by atoms with E-state index in [2.05, 4.69) is 5.32 Å². The first kappa shape index (κ1) is 29.1. The third-order valence-corrected chi connectivity index (χ3v) is 8.98. The summed E-state index contributed by atoms with van der Waals surface area (Å²) < 4.78 is 29.2. The second-order valence-corrected chi connectivity index (χ2v) is 12.8. The van der Waals surface area contributed by atoms with Crippen molar-refractivity contribution in [1.82, 2.24) is 10.2 Å². The minimum Gasteiger partial charge on any atom is -0.480 e. The predicted octanol–water partition coefficient (Wildman–Crippen LogP) is 4.62. The van der Waals surface area contributed by atoms with E-state index in [9.17, 15) is 28.2 Å². The Bertz CT molecular complexity index is 1770. The number of sulfone groups is 1. The zero-order valence-corrected chi connectivity index (χ0v) is 24.1. The number of aliphatic hydroxyl groups excluding tert-OH is 1. The second kappa shape index (κ2) is 11.5. The Kier molecular flexibility index (Phi) is 8.13. The molecule has 1 aliphatic heterocycles. The molecule has 0 bridgehead atoms. The van der Waals surface area contributed by atoms with Crippen molar-refractivity contribution in [3.05, 3.63) is 98.7 Å². The maximum Gasteiger partial charge on any atom is 0.326 e. The summed E-state index contributed by atoms with van der Waals surface area (Å²) in [6.45, 7) is 0.768. The molecule has 9 nitrogen and oxygen atoms in total. The zero-order chi connectivity index (χ0) is 29.5. The van der Waals surface area contributed by atoms with Gasteiger partial charge in [-0.3, -0.25) is 9.69 Å². The first-order valence-electron chi connectivity index (χ1n) is 12.6. The van der Waals surface area contributed by atoms with E-state index in [0.29, 0.717) is 41.8 Å². The fourth-order valence-corrected chi connectivity index (χ4v) is 6.46. The molecule has 4 aromatic rings. The van der Waals surface area contributed by atoms with Crippen LogP contribution < -0.4 is 5.32 Å². The molecule has 3 aromatic carbocycles. The lowest BCUT2D eigenvalue weighted by Gasteiger charge is -2.33. The molecular formula is C29H26Cl2N2O7S. The van der Waals surface area contributed by atoms with Crippen molar-refractivity contribution in [3.63, 3.8) is 0 Å². The van der Waals surface area contributed by atoms with Crippen LogP contribution in [-0.4, -0.2) is 54.2 Å². The summed E-state index contributed by atoms with van der Waals surface area (Å²) in [6, 6.07) is 13.5. The number of carbonyl (C=O) groups excluding carboxylic acids is 1. The molecule has 41 heavy (non-hydrogen) atoms. The molecule has 0 aliphatic carbocycles. The maximum absolute atomic E-state index is 13.2. The molecule has 0 spiro atoms. The molecule has 5 rings (SSSR count). The van der Waals surface area contributed by atoms with E-state index in [0.717, 1.165) is 17.2 Å². The Morgan fingerprint density at radius 1 is 1.12 bits per heavy atom. The molecule has 0 saturated heterocycles. The van der Waals surface area contributed by atoms with Crippen LogP contribution in [0.4, 0.5) is 0 Å². The van der Waals surface area contributed by atoms with Crippen LogP contribution in [0.1, 0.15) is 38.8 Å².